The Kier molecular flexibility index (Phi) is 3.16. The van der Waals surface area contributed by atoms with Crippen LogP contribution >= 0.6 is 0 Å². The SMILES string of the molecule is Cc1cc(F)cc(C)c1S(=O)(=O)N(C)C. The van der Waals surface area contributed by atoms with Crippen molar-refractivity contribution in [3.63, 3.8) is 0 Å². The number of sulfonamides is 1. The molecule has 0 aliphatic rings. The van der Waals surface area contributed by atoms with Gasteiger partial charge in [-0.2, -0.15) is 0 Å². The van der Waals surface area contributed by atoms with Gasteiger partial charge in [-0.25, -0.2) is 17.1 Å². The van der Waals surface area contributed by atoms with Crippen molar-refractivity contribution in [2.45, 2.75) is 18.7 Å². The second-order valence-corrected chi connectivity index (χ2v) is 5.74. The molecule has 0 aliphatic carbocycles. The van der Waals surface area contributed by atoms with Crippen LogP contribution in [-0.4, -0.2) is 26.8 Å². The van der Waals surface area contributed by atoms with Gasteiger partial charge in [0.2, 0.25) is 10.0 Å². The van der Waals surface area contributed by atoms with E-state index in [0.717, 1.165) is 4.31 Å². The molecule has 1 rings (SSSR count). The number of nitrogens with zero attached hydrogens (tertiary/aromatic N) is 1. The average Bonchev–Trinajstić information content (AvgIpc) is 2.00. The van der Waals surface area contributed by atoms with Crippen molar-refractivity contribution in [3.8, 4) is 0 Å². The van der Waals surface area contributed by atoms with Crippen molar-refractivity contribution >= 4 is 10.0 Å². The second kappa shape index (κ2) is 3.90. The predicted molar refractivity (Wildman–Crippen MR) is 56.7 cm³/mol. The molecule has 15 heavy (non-hydrogen) atoms. The van der Waals surface area contributed by atoms with Gasteiger partial charge in [0, 0.05) is 14.1 Å². The van der Waals surface area contributed by atoms with Crippen LogP contribution < -0.4 is 0 Å². The highest BCUT2D eigenvalue weighted by Crippen LogP contribution is 2.23. The van der Waals surface area contributed by atoms with E-state index in [-0.39, 0.29) is 4.90 Å². The van der Waals surface area contributed by atoms with E-state index in [0.29, 0.717) is 11.1 Å². The Morgan fingerprint density at radius 2 is 1.53 bits per heavy atom. The molecule has 1 aromatic carbocycles. The lowest BCUT2D eigenvalue weighted by Crippen LogP contribution is -2.24. The van der Waals surface area contributed by atoms with Crippen LogP contribution in [0.25, 0.3) is 0 Å². The molecule has 5 heteroatoms. The lowest BCUT2D eigenvalue weighted by atomic mass is 10.1. The van der Waals surface area contributed by atoms with Crippen LogP contribution in [-0.2, 0) is 10.0 Å². The van der Waals surface area contributed by atoms with Crippen molar-refractivity contribution < 1.29 is 12.8 Å². The van der Waals surface area contributed by atoms with Gasteiger partial charge in [-0.3, -0.25) is 0 Å². The third kappa shape index (κ3) is 2.18. The molecule has 0 aliphatic heterocycles. The Morgan fingerprint density at radius 3 is 1.87 bits per heavy atom. The van der Waals surface area contributed by atoms with Gasteiger partial charge in [0.05, 0.1) is 4.90 Å². The topological polar surface area (TPSA) is 37.4 Å². The van der Waals surface area contributed by atoms with E-state index in [1.165, 1.54) is 26.2 Å². The zero-order chi connectivity index (χ0) is 11.8. The van der Waals surface area contributed by atoms with Crippen molar-refractivity contribution in [2.75, 3.05) is 14.1 Å². The molecule has 0 saturated carbocycles. The molecule has 0 radical (unpaired) electrons. The van der Waals surface area contributed by atoms with Crippen LogP contribution in [0.2, 0.25) is 0 Å². The Balaban J connectivity index is 3.52. The van der Waals surface area contributed by atoms with E-state index in [1.807, 2.05) is 0 Å². The zero-order valence-corrected chi connectivity index (χ0v) is 10.0. The smallest absolute Gasteiger partial charge is 0.207 e. The second-order valence-electron chi connectivity index (χ2n) is 3.66. The first kappa shape index (κ1) is 12.1. The highest BCUT2D eigenvalue weighted by atomic mass is 32.2. The predicted octanol–water partition coefficient (Wildman–Crippen LogP) is 1.69. The van der Waals surface area contributed by atoms with Gasteiger partial charge >= 0.3 is 0 Å². The molecule has 0 saturated heterocycles. The number of benzene rings is 1. The molecule has 0 bridgehead atoms. The molecule has 0 N–H and O–H groups in total. The summed E-state index contributed by atoms with van der Waals surface area (Å²) in [5.41, 5.74) is 0.863. The highest BCUT2D eigenvalue weighted by Gasteiger charge is 2.22. The molecule has 0 unspecified atom stereocenters. The summed E-state index contributed by atoms with van der Waals surface area (Å²) in [5, 5.41) is 0. The third-order valence-corrected chi connectivity index (χ3v) is 4.29. The van der Waals surface area contributed by atoms with Crippen LogP contribution in [0.15, 0.2) is 17.0 Å². The van der Waals surface area contributed by atoms with Crippen LogP contribution in [0.4, 0.5) is 4.39 Å². The molecule has 0 amide bonds. The summed E-state index contributed by atoms with van der Waals surface area (Å²) in [6.07, 6.45) is 0. The first-order chi connectivity index (χ1) is 6.76. The summed E-state index contributed by atoms with van der Waals surface area (Å²) in [6, 6.07) is 2.45. The molecular weight excluding hydrogens is 217 g/mol. The van der Waals surface area contributed by atoms with Crippen LogP contribution in [0.5, 0.6) is 0 Å². The summed E-state index contributed by atoms with van der Waals surface area (Å²) in [5.74, 6) is -0.414. The Hall–Kier alpha value is -0.940. The standard InChI is InChI=1S/C10H14FNO2S/c1-7-5-9(11)6-8(2)10(7)15(13,14)12(3)4/h5-6H,1-4H3. The van der Waals surface area contributed by atoms with E-state index in [1.54, 1.807) is 13.8 Å². The van der Waals surface area contributed by atoms with Crippen molar-refractivity contribution in [1.29, 1.82) is 0 Å². The lowest BCUT2D eigenvalue weighted by Gasteiger charge is -2.15. The normalized spacial score (nSPS) is 12.1. The quantitative estimate of drug-likeness (QED) is 0.776. The number of aryl methyl sites for hydroxylation is 2. The van der Waals surface area contributed by atoms with Gasteiger partial charge in [0.15, 0.2) is 0 Å². The van der Waals surface area contributed by atoms with Gasteiger partial charge in [-0.15, -0.1) is 0 Å². The molecule has 3 nitrogen and oxygen atoms in total. The van der Waals surface area contributed by atoms with E-state index in [2.05, 4.69) is 0 Å². The molecule has 0 fully saturated rings. The number of hydrogen-bond donors (Lipinski definition) is 0. The maximum Gasteiger partial charge on any atom is 0.243 e. The summed E-state index contributed by atoms with van der Waals surface area (Å²) in [6.45, 7) is 3.18. The van der Waals surface area contributed by atoms with Gasteiger partial charge < -0.3 is 0 Å². The third-order valence-electron chi connectivity index (χ3n) is 2.16. The van der Waals surface area contributed by atoms with Crippen molar-refractivity contribution in [3.05, 3.63) is 29.1 Å². The van der Waals surface area contributed by atoms with Gasteiger partial charge in [-0.05, 0) is 37.1 Å². The summed E-state index contributed by atoms with van der Waals surface area (Å²) in [4.78, 5) is 0.189. The number of halogens is 1. The summed E-state index contributed by atoms with van der Waals surface area (Å²) in [7, 11) is -0.576. The largest absolute Gasteiger partial charge is 0.243 e. The first-order valence-electron chi connectivity index (χ1n) is 4.46. The molecule has 0 atom stereocenters. The van der Waals surface area contributed by atoms with E-state index in [9.17, 15) is 12.8 Å². The fourth-order valence-corrected chi connectivity index (χ4v) is 2.78. The van der Waals surface area contributed by atoms with Gasteiger partial charge in [0.25, 0.3) is 0 Å². The van der Waals surface area contributed by atoms with E-state index in [4.69, 9.17) is 0 Å². The summed E-state index contributed by atoms with van der Waals surface area (Å²) >= 11 is 0. The molecule has 84 valence electrons. The first-order valence-corrected chi connectivity index (χ1v) is 5.90. The minimum atomic E-state index is -3.49. The highest BCUT2D eigenvalue weighted by molar-refractivity contribution is 7.89. The van der Waals surface area contributed by atoms with Crippen molar-refractivity contribution in [2.24, 2.45) is 0 Å². The van der Waals surface area contributed by atoms with E-state index < -0.39 is 15.8 Å². The fourth-order valence-electron chi connectivity index (χ4n) is 1.49. The maximum atomic E-state index is 13.0. The lowest BCUT2D eigenvalue weighted by molar-refractivity contribution is 0.519. The fraction of sp³-hybridized carbons (Fsp3) is 0.400. The molecule has 0 aromatic heterocycles. The molecule has 0 heterocycles. The van der Waals surface area contributed by atoms with Crippen molar-refractivity contribution in [1.82, 2.24) is 4.31 Å². The molecule has 1 aromatic rings. The molecule has 0 spiro atoms. The minimum Gasteiger partial charge on any atom is -0.207 e. The number of hydrogen-bond acceptors (Lipinski definition) is 2. The van der Waals surface area contributed by atoms with Crippen LogP contribution in [0, 0.1) is 19.7 Å². The van der Waals surface area contributed by atoms with Crippen LogP contribution in [0.3, 0.4) is 0 Å². The van der Waals surface area contributed by atoms with Gasteiger partial charge in [0.1, 0.15) is 5.82 Å². The Bertz CT molecular complexity index is 457. The Labute approximate surface area is 89.6 Å². The average molecular weight is 231 g/mol. The Morgan fingerprint density at radius 1 is 1.13 bits per heavy atom. The minimum absolute atomic E-state index is 0.189. The monoisotopic (exact) mass is 231 g/mol. The summed E-state index contributed by atoms with van der Waals surface area (Å²) < 4.78 is 37.9. The number of rotatable bonds is 2. The molecular formula is C10H14FNO2S. The van der Waals surface area contributed by atoms with E-state index >= 15 is 0 Å². The van der Waals surface area contributed by atoms with Crippen LogP contribution in [0.1, 0.15) is 11.1 Å². The zero-order valence-electron chi connectivity index (χ0n) is 9.20. The maximum absolute atomic E-state index is 13.0. The van der Waals surface area contributed by atoms with Gasteiger partial charge in [-0.1, -0.05) is 0 Å².